The van der Waals surface area contributed by atoms with Crippen molar-refractivity contribution in [2.75, 3.05) is 65.4 Å². The summed E-state index contributed by atoms with van der Waals surface area (Å²) in [6.45, 7) is -1.37. The number of hydrogen-bond donors (Lipinski definition) is 15. The third kappa shape index (κ3) is 26.2. The second-order valence-corrected chi connectivity index (χ2v) is 15.6. The molecule has 25 nitrogen and oxygen atoms in total. The highest BCUT2D eigenvalue weighted by molar-refractivity contribution is 5.97. The van der Waals surface area contributed by atoms with Crippen molar-refractivity contribution < 1.29 is 47.9 Å². The average molecular weight is 926 g/mol. The Kier molecular flexibility index (Phi) is 30.8. The standard InChI is InChI=1S/C40H75N15O10/c41-16-6-1-11-26-36(61)46-22-32(57)52-28(13-3-8-18-43)38(63)48-24-34(59)54-30(15-5-10-20-45)40(65)50-25-35(60)55-29(14-4-9-19-44)39(64)49-23-33(58)53-27(12-2-7-17-42)37(62)47-21-31(56)51-26/h26-30H,1-25,41-45H2,(H,46,61)(H,47,62)(H,48,63)(H,49,64)(H,50,65)(H,51,56)(H,52,57)(H,53,58)(H,54,59)(H,55,60)/t26-,27-,28-,29-,30-/m0/s1. The predicted molar refractivity (Wildman–Crippen MR) is 239 cm³/mol. The van der Waals surface area contributed by atoms with Gasteiger partial charge in [-0.2, -0.15) is 0 Å². The molecule has 0 bridgehead atoms. The quantitative estimate of drug-likeness (QED) is 0.0505. The van der Waals surface area contributed by atoms with Crippen molar-refractivity contribution in [1.82, 2.24) is 53.2 Å². The first-order valence-corrected chi connectivity index (χ1v) is 22.5. The minimum Gasteiger partial charge on any atom is -0.345 e. The predicted octanol–water partition coefficient (Wildman–Crippen LogP) is -6.35. The molecule has 5 atom stereocenters. The second-order valence-electron chi connectivity index (χ2n) is 15.6. The molecule has 370 valence electrons. The summed E-state index contributed by atoms with van der Waals surface area (Å²) in [5, 5.41) is 25.0. The molecule has 0 radical (unpaired) electrons. The maximum absolute atomic E-state index is 13.3. The Labute approximate surface area is 380 Å². The SMILES string of the molecule is NCCCC[C@@H]1NC(=O)CNC(=O)[C@H](CCCCN)NC(=O)CNC(=O)[C@H](CCCCN)NC(=O)CNC(=O)[C@H](CCCCN)NC(=O)CNC(=O)[C@H](CCCCN)NC(=O)CNC1=O. The van der Waals surface area contributed by atoms with Crippen LogP contribution in [0.3, 0.4) is 0 Å². The third-order valence-corrected chi connectivity index (χ3v) is 10.1. The van der Waals surface area contributed by atoms with Crippen LogP contribution in [0, 0.1) is 0 Å². The topological polar surface area (TPSA) is 421 Å². The lowest BCUT2D eigenvalue weighted by Gasteiger charge is -2.22. The van der Waals surface area contributed by atoms with Gasteiger partial charge in [0.1, 0.15) is 30.2 Å². The fourth-order valence-electron chi connectivity index (χ4n) is 6.49. The van der Waals surface area contributed by atoms with Crippen molar-refractivity contribution >= 4 is 59.1 Å². The summed E-state index contributed by atoms with van der Waals surface area (Å²) in [7, 11) is 0. The van der Waals surface area contributed by atoms with Gasteiger partial charge < -0.3 is 81.8 Å². The molecule has 0 aromatic heterocycles. The Balaban J connectivity index is 3.45. The highest BCUT2D eigenvalue weighted by Crippen LogP contribution is 2.06. The summed E-state index contributed by atoms with van der Waals surface area (Å²) in [6.07, 6.45) is 5.39. The summed E-state index contributed by atoms with van der Waals surface area (Å²) in [6, 6.07) is -5.72. The van der Waals surface area contributed by atoms with Crippen molar-refractivity contribution in [3.63, 3.8) is 0 Å². The van der Waals surface area contributed by atoms with Crippen LogP contribution >= 0.6 is 0 Å². The van der Waals surface area contributed by atoms with Crippen molar-refractivity contribution in [1.29, 1.82) is 0 Å². The van der Waals surface area contributed by atoms with E-state index in [2.05, 4.69) is 53.2 Å². The number of rotatable bonds is 20. The van der Waals surface area contributed by atoms with Gasteiger partial charge in [-0.25, -0.2) is 0 Å². The summed E-state index contributed by atoms with van der Waals surface area (Å²) < 4.78 is 0. The molecular weight excluding hydrogens is 851 g/mol. The van der Waals surface area contributed by atoms with Crippen LogP contribution in [0.2, 0.25) is 0 Å². The van der Waals surface area contributed by atoms with Crippen molar-refractivity contribution in [2.24, 2.45) is 28.7 Å². The van der Waals surface area contributed by atoms with Crippen LogP contribution in [0.1, 0.15) is 96.3 Å². The van der Waals surface area contributed by atoms with E-state index in [0.29, 0.717) is 96.9 Å². The van der Waals surface area contributed by atoms with Crippen LogP contribution < -0.4 is 81.8 Å². The molecule has 20 N–H and O–H groups in total. The van der Waals surface area contributed by atoms with E-state index in [1.807, 2.05) is 0 Å². The molecule has 1 aliphatic heterocycles. The van der Waals surface area contributed by atoms with Gasteiger partial charge in [0.05, 0.1) is 32.7 Å². The van der Waals surface area contributed by atoms with Crippen LogP contribution in [0.5, 0.6) is 0 Å². The van der Waals surface area contributed by atoms with Crippen molar-refractivity contribution in [3.05, 3.63) is 0 Å². The van der Waals surface area contributed by atoms with Gasteiger partial charge in [-0.05, 0) is 129 Å². The summed E-state index contributed by atoms with van der Waals surface area (Å²) in [5.74, 6) is -7.37. The Morgan fingerprint density at radius 2 is 0.431 bits per heavy atom. The molecular formula is C40H75N15O10. The lowest BCUT2D eigenvalue weighted by atomic mass is 10.1. The summed E-state index contributed by atoms with van der Waals surface area (Å²) in [5.41, 5.74) is 28.1. The Bertz CT molecular complexity index is 1280. The van der Waals surface area contributed by atoms with E-state index in [1.54, 1.807) is 0 Å². The number of nitrogens with two attached hydrogens (primary N) is 5. The smallest absolute Gasteiger partial charge is 0.243 e. The van der Waals surface area contributed by atoms with Crippen LogP contribution in [-0.4, -0.2) is 155 Å². The molecule has 1 saturated heterocycles. The Morgan fingerprint density at radius 3 is 0.569 bits per heavy atom. The number of unbranched alkanes of at least 4 members (excludes halogenated alkanes) is 5. The minimum atomic E-state index is -1.14. The molecule has 25 heteroatoms. The normalized spacial score (nSPS) is 22.4. The van der Waals surface area contributed by atoms with Gasteiger partial charge in [-0.1, -0.05) is 0 Å². The fraction of sp³-hybridized carbons (Fsp3) is 0.750. The van der Waals surface area contributed by atoms with Gasteiger partial charge in [-0.3, -0.25) is 47.9 Å². The van der Waals surface area contributed by atoms with Crippen molar-refractivity contribution in [3.8, 4) is 0 Å². The van der Waals surface area contributed by atoms with E-state index in [9.17, 15) is 47.9 Å². The molecule has 0 aromatic rings. The molecule has 0 aromatic carbocycles. The largest absolute Gasteiger partial charge is 0.345 e. The Hall–Kier alpha value is -5.50. The summed E-state index contributed by atoms with van der Waals surface area (Å²) in [4.78, 5) is 132. The molecule has 0 spiro atoms. The summed E-state index contributed by atoms with van der Waals surface area (Å²) >= 11 is 0. The molecule has 1 rings (SSSR count). The van der Waals surface area contributed by atoms with Crippen LogP contribution in [0.25, 0.3) is 0 Å². The van der Waals surface area contributed by atoms with Crippen LogP contribution in [-0.2, 0) is 47.9 Å². The van der Waals surface area contributed by atoms with Gasteiger partial charge in [0.2, 0.25) is 59.1 Å². The second kappa shape index (κ2) is 34.8. The van der Waals surface area contributed by atoms with E-state index in [1.165, 1.54) is 0 Å². The van der Waals surface area contributed by atoms with Crippen molar-refractivity contribution in [2.45, 2.75) is 127 Å². The number of carbonyl (C=O) groups is 10. The maximum atomic E-state index is 13.3. The molecule has 10 amide bonds. The first kappa shape index (κ1) is 57.5. The van der Waals surface area contributed by atoms with Crippen LogP contribution in [0.15, 0.2) is 0 Å². The van der Waals surface area contributed by atoms with Gasteiger partial charge >= 0.3 is 0 Å². The molecule has 0 aliphatic carbocycles. The maximum Gasteiger partial charge on any atom is 0.243 e. The number of hydrogen-bond acceptors (Lipinski definition) is 15. The minimum absolute atomic E-state index is 0.132. The highest BCUT2D eigenvalue weighted by Gasteiger charge is 2.28. The van der Waals surface area contributed by atoms with Gasteiger partial charge in [0.25, 0.3) is 0 Å². The monoisotopic (exact) mass is 926 g/mol. The molecule has 0 saturated carbocycles. The first-order chi connectivity index (χ1) is 31.2. The average Bonchev–Trinajstić information content (AvgIpc) is 3.28. The lowest BCUT2D eigenvalue weighted by Crippen LogP contribution is -2.56. The zero-order valence-electron chi connectivity index (χ0n) is 37.5. The van der Waals surface area contributed by atoms with Gasteiger partial charge in [-0.15, -0.1) is 0 Å². The first-order valence-electron chi connectivity index (χ1n) is 22.5. The van der Waals surface area contributed by atoms with Gasteiger partial charge in [0.15, 0.2) is 0 Å². The van der Waals surface area contributed by atoms with E-state index in [4.69, 9.17) is 28.7 Å². The zero-order chi connectivity index (χ0) is 48.4. The Morgan fingerprint density at radius 1 is 0.277 bits per heavy atom. The number of nitrogens with one attached hydrogen (secondary N) is 10. The van der Waals surface area contributed by atoms with E-state index < -0.39 is 122 Å². The third-order valence-electron chi connectivity index (χ3n) is 10.1. The lowest BCUT2D eigenvalue weighted by molar-refractivity contribution is -0.133. The number of amides is 10. The number of carbonyl (C=O) groups excluding carboxylic acids is 10. The zero-order valence-corrected chi connectivity index (χ0v) is 37.5. The van der Waals surface area contributed by atoms with Gasteiger partial charge in [0, 0.05) is 0 Å². The molecule has 0 unspecified atom stereocenters. The highest BCUT2D eigenvalue weighted by atomic mass is 16.2. The molecule has 1 heterocycles. The van der Waals surface area contributed by atoms with E-state index in [0.717, 1.165) is 0 Å². The van der Waals surface area contributed by atoms with Crippen LogP contribution in [0.4, 0.5) is 0 Å². The molecule has 65 heavy (non-hydrogen) atoms. The molecule has 1 aliphatic rings. The van der Waals surface area contributed by atoms with E-state index >= 15 is 0 Å². The van der Waals surface area contributed by atoms with E-state index in [-0.39, 0.29) is 32.1 Å². The molecule has 1 fully saturated rings. The fourth-order valence-corrected chi connectivity index (χ4v) is 6.49.